The summed E-state index contributed by atoms with van der Waals surface area (Å²) in [4.78, 5) is 16.4. The van der Waals surface area contributed by atoms with E-state index in [9.17, 15) is 4.79 Å². The van der Waals surface area contributed by atoms with Crippen molar-refractivity contribution in [3.8, 4) is 0 Å². The molecule has 1 atom stereocenters. The van der Waals surface area contributed by atoms with E-state index in [0.29, 0.717) is 0 Å². The van der Waals surface area contributed by atoms with E-state index >= 15 is 0 Å². The summed E-state index contributed by atoms with van der Waals surface area (Å²) in [5.74, 6) is 0.957. The van der Waals surface area contributed by atoms with Crippen LogP contribution in [0.15, 0.2) is 29.6 Å². The molecule has 1 aromatic heterocycles. The van der Waals surface area contributed by atoms with Crippen LogP contribution in [0.1, 0.15) is 39.7 Å². The Morgan fingerprint density at radius 1 is 1.29 bits per heavy atom. The number of fused-ring (bicyclic) bond motifs is 2. The van der Waals surface area contributed by atoms with Crippen molar-refractivity contribution in [2.75, 3.05) is 11.4 Å². The number of amides is 1. The SMILES string of the molecule is C[C@@H]1CCc2c(C(=O)N3CCc4ccccc43)csc2C1. The lowest BCUT2D eigenvalue weighted by Crippen LogP contribution is -2.29. The second kappa shape index (κ2) is 4.99. The number of hydrogen-bond acceptors (Lipinski definition) is 2. The van der Waals surface area contributed by atoms with Gasteiger partial charge in [-0.25, -0.2) is 0 Å². The van der Waals surface area contributed by atoms with Gasteiger partial charge in [0, 0.05) is 22.5 Å². The third kappa shape index (κ3) is 2.11. The van der Waals surface area contributed by atoms with Crippen LogP contribution >= 0.6 is 11.3 Å². The van der Waals surface area contributed by atoms with Crippen molar-refractivity contribution in [3.63, 3.8) is 0 Å². The van der Waals surface area contributed by atoms with E-state index in [2.05, 4.69) is 30.5 Å². The van der Waals surface area contributed by atoms with Gasteiger partial charge in [0.25, 0.3) is 5.91 Å². The van der Waals surface area contributed by atoms with E-state index in [1.54, 1.807) is 11.3 Å². The van der Waals surface area contributed by atoms with Crippen LogP contribution in [0.3, 0.4) is 0 Å². The van der Waals surface area contributed by atoms with Crippen LogP contribution in [0.25, 0.3) is 0 Å². The van der Waals surface area contributed by atoms with Crippen molar-refractivity contribution in [1.82, 2.24) is 0 Å². The first-order chi connectivity index (χ1) is 10.2. The summed E-state index contributed by atoms with van der Waals surface area (Å²) in [7, 11) is 0. The highest BCUT2D eigenvalue weighted by atomic mass is 32.1. The van der Waals surface area contributed by atoms with Crippen molar-refractivity contribution in [1.29, 1.82) is 0 Å². The van der Waals surface area contributed by atoms with Gasteiger partial charge in [0.15, 0.2) is 0 Å². The lowest BCUT2D eigenvalue weighted by molar-refractivity contribution is 0.0988. The summed E-state index contributed by atoms with van der Waals surface area (Å²) < 4.78 is 0. The summed E-state index contributed by atoms with van der Waals surface area (Å²) in [6.45, 7) is 3.13. The Morgan fingerprint density at radius 2 is 2.14 bits per heavy atom. The normalized spacial score (nSPS) is 20.2. The van der Waals surface area contributed by atoms with E-state index in [1.165, 1.54) is 22.4 Å². The number of hydrogen-bond donors (Lipinski definition) is 0. The van der Waals surface area contributed by atoms with Crippen LogP contribution in [0.5, 0.6) is 0 Å². The Bertz CT molecular complexity index is 703. The van der Waals surface area contributed by atoms with Gasteiger partial charge in [0.1, 0.15) is 0 Å². The van der Waals surface area contributed by atoms with Gasteiger partial charge < -0.3 is 4.90 Å². The Labute approximate surface area is 129 Å². The quantitative estimate of drug-likeness (QED) is 0.777. The predicted molar refractivity (Wildman–Crippen MR) is 87.3 cm³/mol. The topological polar surface area (TPSA) is 20.3 Å². The molecule has 0 fully saturated rings. The molecule has 3 heteroatoms. The molecule has 2 aliphatic rings. The number of carbonyl (C=O) groups excluding carboxylic acids is 1. The molecule has 2 aromatic rings. The van der Waals surface area contributed by atoms with Gasteiger partial charge in [0.05, 0.1) is 5.56 Å². The largest absolute Gasteiger partial charge is 0.308 e. The Morgan fingerprint density at radius 3 is 3.05 bits per heavy atom. The Hall–Kier alpha value is -1.61. The molecule has 0 unspecified atom stereocenters. The van der Waals surface area contributed by atoms with Crippen LogP contribution in [0.4, 0.5) is 5.69 Å². The molecule has 2 nitrogen and oxygen atoms in total. The molecular weight excluding hydrogens is 278 g/mol. The highest BCUT2D eigenvalue weighted by molar-refractivity contribution is 7.10. The van der Waals surface area contributed by atoms with Gasteiger partial charge in [0.2, 0.25) is 0 Å². The zero-order valence-electron chi connectivity index (χ0n) is 12.3. The number of anilines is 1. The van der Waals surface area contributed by atoms with Gasteiger partial charge >= 0.3 is 0 Å². The van der Waals surface area contributed by atoms with E-state index in [-0.39, 0.29) is 5.91 Å². The third-order valence-electron chi connectivity index (χ3n) is 4.76. The minimum Gasteiger partial charge on any atom is -0.308 e. The number of thiophene rings is 1. The van der Waals surface area contributed by atoms with Crippen LogP contribution in [-0.2, 0) is 19.3 Å². The van der Waals surface area contributed by atoms with E-state index in [4.69, 9.17) is 0 Å². The van der Waals surface area contributed by atoms with Gasteiger partial charge in [-0.15, -0.1) is 11.3 Å². The standard InChI is InChI=1S/C18H19NOS/c1-12-6-7-14-15(11-21-17(14)10-12)18(20)19-9-8-13-4-2-3-5-16(13)19/h2-5,11-12H,6-10H2,1H3/t12-/m1/s1. The fourth-order valence-corrected chi connectivity index (χ4v) is 4.79. The van der Waals surface area contributed by atoms with Crippen molar-refractivity contribution >= 4 is 22.9 Å². The smallest absolute Gasteiger partial charge is 0.259 e. The summed E-state index contributed by atoms with van der Waals surface area (Å²) in [5, 5.41) is 2.09. The molecule has 0 saturated carbocycles. The molecule has 21 heavy (non-hydrogen) atoms. The number of carbonyl (C=O) groups is 1. The zero-order chi connectivity index (χ0) is 14.4. The number of rotatable bonds is 1. The van der Waals surface area contributed by atoms with Gasteiger partial charge in [-0.2, -0.15) is 0 Å². The first-order valence-corrected chi connectivity index (χ1v) is 8.61. The minimum absolute atomic E-state index is 0.201. The maximum Gasteiger partial charge on any atom is 0.259 e. The highest BCUT2D eigenvalue weighted by Gasteiger charge is 2.29. The Kier molecular flexibility index (Phi) is 3.11. The van der Waals surface area contributed by atoms with Crippen LogP contribution in [0, 0.1) is 5.92 Å². The lowest BCUT2D eigenvalue weighted by Gasteiger charge is -2.21. The molecule has 2 heterocycles. The van der Waals surface area contributed by atoms with Crippen molar-refractivity contribution in [2.45, 2.75) is 32.6 Å². The van der Waals surface area contributed by atoms with Gasteiger partial charge in [-0.1, -0.05) is 25.1 Å². The van der Waals surface area contributed by atoms with Crippen LogP contribution < -0.4 is 4.90 Å². The maximum absolute atomic E-state index is 13.0. The first-order valence-electron chi connectivity index (χ1n) is 7.73. The monoisotopic (exact) mass is 297 g/mol. The number of para-hydroxylation sites is 1. The predicted octanol–water partition coefficient (Wildman–Crippen LogP) is 4.08. The van der Waals surface area contributed by atoms with E-state index in [1.807, 2.05) is 11.0 Å². The van der Waals surface area contributed by atoms with Crippen molar-refractivity contribution in [2.24, 2.45) is 5.92 Å². The van der Waals surface area contributed by atoms with Crippen molar-refractivity contribution in [3.05, 3.63) is 51.2 Å². The number of benzene rings is 1. The molecular formula is C18H19NOS. The van der Waals surface area contributed by atoms with Gasteiger partial charge in [-0.3, -0.25) is 4.79 Å². The lowest BCUT2D eigenvalue weighted by atomic mass is 9.88. The van der Waals surface area contributed by atoms with Crippen molar-refractivity contribution < 1.29 is 4.79 Å². The fourth-order valence-electron chi connectivity index (χ4n) is 3.55. The van der Waals surface area contributed by atoms with E-state index in [0.717, 1.165) is 43.0 Å². The molecule has 0 N–H and O–H groups in total. The Balaban J connectivity index is 1.68. The molecule has 4 rings (SSSR count). The summed E-state index contributed by atoms with van der Waals surface area (Å²) >= 11 is 1.78. The molecule has 1 aliphatic heterocycles. The fraction of sp³-hybridized carbons (Fsp3) is 0.389. The molecule has 0 spiro atoms. The maximum atomic E-state index is 13.0. The average Bonchev–Trinajstić information content (AvgIpc) is 3.10. The molecule has 1 aliphatic carbocycles. The van der Waals surface area contributed by atoms with Crippen LogP contribution in [-0.4, -0.2) is 12.5 Å². The van der Waals surface area contributed by atoms with Crippen LogP contribution in [0.2, 0.25) is 0 Å². The number of nitrogens with zero attached hydrogens (tertiary/aromatic N) is 1. The van der Waals surface area contributed by atoms with E-state index < -0.39 is 0 Å². The minimum atomic E-state index is 0.201. The zero-order valence-corrected chi connectivity index (χ0v) is 13.1. The summed E-state index contributed by atoms with van der Waals surface area (Å²) in [6, 6.07) is 8.28. The first kappa shape index (κ1) is 13.1. The molecule has 1 amide bonds. The molecule has 0 radical (unpaired) electrons. The molecule has 1 aromatic carbocycles. The second-order valence-corrected chi connectivity index (χ2v) is 7.20. The molecule has 0 bridgehead atoms. The van der Waals surface area contributed by atoms with Gasteiger partial charge in [-0.05, 0) is 48.8 Å². The molecule has 0 saturated heterocycles. The second-order valence-electron chi connectivity index (χ2n) is 6.23. The average molecular weight is 297 g/mol. The molecule has 108 valence electrons. The summed E-state index contributed by atoms with van der Waals surface area (Å²) in [5.41, 5.74) is 4.68. The summed E-state index contributed by atoms with van der Waals surface area (Å²) in [6.07, 6.45) is 4.40. The highest BCUT2D eigenvalue weighted by Crippen LogP contribution is 2.35. The third-order valence-corrected chi connectivity index (χ3v) is 5.82.